The molecule has 164 valence electrons. The first kappa shape index (κ1) is 22.5. The van der Waals surface area contributed by atoms with Crippen LogP contribution in [0.25, 0.3) is 12.2 Å². The molecule has 2 fully saturated rings. The summed E-state index contributed by atoms with van der Waals surface area (Å²) in [5.41, 5.74) is 2.92. The second-order valence-corrected chi connectivity index (χ2v) is 9.34. The highest BCUT2D eigenvalue weighted by Gasteiger charge is 2.34. The number of thioether (sulfide) groups is 1. The van der Waals surface area contributed by atoms with Crippen molar-refractivity contribution in [1.29, 1.82) is 0 Å². The molecule has 2 heterocycles. The van der Waals surface area contributed by atoms with Crippen molar-refractivity contribution in [1.82, 2.24) is 4.90 Å². The third-order valence-electron chi connectivity index (χ3n) is 5.17. The van der Waals surface area contributed by atoms with E-state index < -0.39 is 5.97 Å². The number of carbonyl (C=O) groups excluding carboxylic acids is 2. The van der Waals surface area contributed by atoms with Crippen molar-refractivity contribution in [2.24, 2.45) is 0 Å². The zero-order valence-corrected chi connectivity index (χ0v) is 19.3. The van der Waals surface area contributed by atoms with E-state index in [1.54, 1.807) is 41.3 Å². The van der Waals surface area contributed by atoms with E-state index >= 15 is 0 Å². The molecule has 7 heteroatoms. The third-order valence-corrected chi connectivity index (χ3v) is 6.55. The third kappa shape index (κ3) is 5.73. The van der Waals surface area contributed by atoms with Gasteiger partial charge in [0.05, 0.1) is 17.6 Å². The fourth-order valence-electron chi connectivity index (χ4n) is 3.42. The summed E-state index contributed by atoms with van der Waals surface area (Å²) in [6, 6.07) is 14.9. The molecule has 2 saturated heterocycles. The molecule has 0 radical (unpaired) electrons. The average molecular weight is 466 g/mol. The minimum absolute atomic E-state index is 0.0610. The van der Waals surface area contributed by atoms with Crippen LogP contribution in [-0.2, 0) is 14.3 Å². The Bertz CT molecular complexity index is 1070. The minimum Gasteiger partial charge on any atom is -0.423 e. The summed E-state index contributed by atoms with van der Waals surface area (Å²) in [5.74, 6) is -0.104. The SMILES string of the molecule is Cc1ccc(C=CC(=O)Oc2ccc(C=C3SC(=S)N(CC4CCCO4)C3=O)cc2)cc1. The van der Waals surface area contributed by atoms with E-state index in [0.717, 1.165) is 36.1 Å². The molecule has 32 heavy (non-hydrogen) atoms. The Hall–Kier alpha value is -2.74. The number of amides is 1. The van der Waals surface area contributed by atoms with Gasteiger partial charge in [-0.2, -0.15) is 0 Å². The lowest BCUT2D eigenvalue weighted by Gasteiger charge is -2.18. The van der Waals surface area contributed by atoms with Crippen LogP contribution in [0.15, 0.2) is 59.5 Å². The number of hydrogen-bond acceptors (Lipinski definition) is 6. The summed E-state index contributed by atoms with van der Waals surface area (Å²) in [4.78, 5) is 27.0. The van der Waals surface area contributed by atoms with Gasteiger partial charge in [0.1, 0.15) is 10.1 Å². The number of hydrogen-bond donors (Lipinski definition) is 0. The zero-order chi connectivity index (χ0) is 22.5. The Morgan fingerprint density at radius 2 is 1.91 bits per heavy atom. The lowest BCUT2D eigenvalue weighted by atomic mass is 10.1. The number of nitrogens with zero attached hydrogens (tertiary/aromatic N) is 1. The van der Waals surface area contributed by atoms with Crippen LogP contribution in [0.5, 0.6) is 5.75 Å². The van der Waals surface area contributed by atoms with Crippen LogP contribution in [0.2, 0.25) is 0 Å². The average Bonchev–Trinajstić information content (AvgIpc) is 3.39. The van der Waals surface area contributed by atoms with Gasteiger partial charge in [-0.05, 0) is 55.2 Å². The van der Waals surface area contributed by atoms with Crippen molar-refractivity contribution in [3.8, 4) is 5.75 Å². The molecule has 1 amide bonds. The predicted octanol–water partition coefficient (Wildman–Crippen LogP) is 4.99. The van der Waals surface area contributed by atoms with Crippen molar-refractivity contribution in [2.45, 2.75) is 25.9 Å². The van der Waals surface area contributed by atoms with E-state index in [2.05, 4.69) is 0 Å². The molecule has 0 aromatic heterocycles. The highest BCUT2D eigenvalue weighted by atomic mass is 32.2. The molecular formula is C25H23NO4S2. The number of esters is 1. The summed E-state index contributed by atoms with van der Waals surface area (Å²) in [6.45, 7) is 3.26. The Balaban J connectivity index is 1.35. The lowest BCUT2D eigenvalue weighted by molar-refractivity contribution is -0.129. The molecule has 2 aromatic rings. The maximum Gasteiger partial charge on any atom is 0.336 e. The predicted molar refractivity (Wildman–Crippen MR) is 131 cm³/mol. The number of benzene rings is 2. The van der Waals surface area contributed by atoms with E-state index in [-0.39, 0.29) is 12.0 Å². The highest BCUT2D eigenvalue weighted by molar-refractivity contribution is 8.26. The van der Waals surface area contributed by atoms with Gasteiger partial charge in [0.15, 0.2) is 0 Å². The van der Waals surface area contributed by atoms with Gasteiger partial charge in [0.2, 0.25) is 0 Å². The molecule has 5 nitrogen and oxygen atoms in total. The monoisotopic (exact) mass is 465 g/mol. The number of ether oxygens (including phenoxy) is 2. The minimum atomic E-state index is -0.451. The molecule has 2 aliphatic heterocycles. The van der Waals surface area contributed by atoms with Crippen LogP contribution >= 0.6 is 24.0 Å². The van der Waals surface area contributed by atoms with Crippen LogP contribution in [0, 0.1) is 6.92 Å². The van der Waals surface area contributed by atoms with Crippen LogP contribution in [0.3, 0.4) is 0 Å². The van der Waals surface area contributed by atoms with Gasteiger partial charge in [0, 0.05) is 12.7 Å². The molecule has 0 saturated carbocycles. The van der Waals surface area contributed by atoms with Gasteiger partial charge in [-0.15, -0.1) is 0 Å². The number of rotatable bonds is 6. The fourth-order valence-corrected chi connectivity index (χ4v) is 4.70. The molecule has 1 atom stereocenters. The van der Waals surface area contributed by atoms with Gasteiger partial charge in [-0.3, -0.25) is 9.69 Å². The van der Waals surface area contributed by atoms with Gasteiger partial charge in [-0.25, -0.2) is 4.79 Å². The molecule has 0 spiro atoms. The van der Waals surface area contributed by atoms with Gasteiger partial charge in [-0.1, -0.05) is 65.9 Å². The zero-order valence-electron chi connectivity index (χ0n) is 17.7. The molecular weight excluding hydrogens is 442 g/mol. The Morgan fingerprint density at radius 1 is 1.19 bits per heavy atom. The Kier molecular flexibility index (Phi) is 7.19. The second-order valence-electron chi connectivity index (χ2n) is 7.66. The summed E-state index contributed by atoms with van der Waals surface area (Å²) in [7, 11) is 0. The van der Waals surface area contributed by atoms with E-state index in [1.807, 2.05) is 31.2 Å². The first-order valence-electron chi connectivity index (χ1n) is 10.4. The lowest BCUT2D eigenvalue weighted by Crippen LogP contribution is -2.35. The van der Waals surface area contributed by atoms with Gasteiger partial charge in [0.25, 0.3) is 5.91 Å². The van der Waals surface area contributed by atoms with Crippen LogP contribution < -0.4 is 4.74 Å². The van der Waals surface area contributed by atoms with Crippen molar-refractivity contribution < 1.29 is 19.1 Å². The molecule has 2 aromatic carbocycles. The first-order chi connectivity index (χ1) is 15.5. The van der Waals surface area contributed by atoms with Gasteiger partial charge >= 0.3 is 5.97 Å². The normalized spacial score (nSPS) is 20.0. The summed E-state index contributed by atoms with van der Waals surface area (Å²) in [6.07, 6.45) is 6.96. The van der Waals surface area contributed by atoms with Crippen molar-refractivity contribution >= 4 is 52.3 Å². The maximum atomic E-state index is 12.7. The first-order valence-corrected chi connectivity index (χ1v) is 11.6. The van der Waals surface area contributed by atoms with Gasteiger partial charge < -0.3 is 9.47 Å². The number of carbonyl (C=O) groups is 2. The van der Waals surface area contributed by atoms with E-state index in [0.29, 0.717) is 21.5 Å². The molecule has 2 aliphatic rings. The molecule has 0 bridgehead atoms. The Morgan fingerprint density at radius 3 is 2.59 bits per heavy atom. The number of aryl methyl sites for hydroxylation is 1. The maximum absolute atomic E-state index is 12.7. The van der Waals surface area contributed by atoms with Crippen LogP contribution in [-0.4, -0.2) is 40.4 Å². The fraction of sp³-hybridized carbons (Fsp3) is 0.240. The molecule has 0 aliphatic carbocycles. The van der Waals surface area contributed by atoms with Crippen molar-refractivity contribution in [3.63, 3.8) is 0 Å². The largest absolute Gasteiger partial charge is 0.423 e. The Labute approximate surface area is 197 Å². The highest BCUT2D eigenvalue weighted by Crippen LogP contribution is 2.33. The van der Waals surface area contributed by atoms with Crippen LogP contribution in [0.4, 0.5) is 0 Å². The quantitative estimate of drug-likeness (QED) is 0.259. The number of thiocarbonyl (C=S) groups is 1. The van der Waals surface area contributed by atoms with Crippen LogP contribution in [0.1, 0.15) is 29.5 Å². The van der Waals surface area contributed by atoms with Crippen molar-refractivity contribution in [3.05, 3.63) is 76.2 Å². The standard InChI is InChI=1S/C25H23NO4S2/c1-17-4-6-18(7-5-17)10-13-23(27)30-20-11-8-19(9-12-20)15-22-24(28)26(25(31)32-22)16-21-3-2-14-29-21/h4-13,15,21H,2-3,14,16H2,1H3. The summed E-state index contributed by atoms with van der Waals surface area (Å²) >= 11 is 6.69. The second kappa shape index (κ2) is 10.3. The van der Waals surface area contributed by atoms with E-state index in [4.69, 9.17) is 21.7 Å². The van der Waals surface area contributed by atoms with Crippen molar-refractivity contribution in [2.75, 3.05) is 13.2 Å². The molecule has 1 unspecified atom stereocenters. The molecule has 0 N–H and O–H groups in total. The summed E-state index contributed by atoms with van der Waals surface area (Å²) < 4.78 is 11.5. The van der Waals surface area contributed by atoms with E-state index in [1.165, 1.54) is 17.8 Å². The smallest absolute Gasteiger partial charge is 0.336 e. The van der Waals surface area contributed by atoms with E-state index in [9.17, 15) is 9.59 Å². The summed E-state index contributed by atoms with van der Waals surface area (Å²) in [5, 5.41) is 0. The molecule has 4 rings (SSSR count). The topological polar surface area (TPSA) is 55.8 Å².